The molecule has 0 bridgehead atoms. The normalized spacial score (nSPS) is 10.9. The summed E-state index contributed by atoms with van der Waals surface area (Å²) in [7, 11) is 1.78. The Bertz CT molecular complexity index is 660. The fourth-order valence-corrected chi connectivity index (χ4v) is 3.10. The number of nitrogens with one attached hydrogen (secondary N) is 2. The Balaban J connectivity index is 0.00000312. The van der Waals surface area contributed by atoms with E-state index >= 15 is 0 Å². The highest BCUT2D eigenvalue weighted by molar-refractivity contribution is 14.0. The SMILES string of the molecule is CCOc1cccc(CNC(=NC)NCCc2ncc(CC)s2)c1.I. The summed E-state index contributed by atoms with van der Waals surface area (Å²) in [5, 5.41) is 7.82. The number of ether oxygens (including phenoxy) is 1. The van der Waals surface area contributed by atoms with Crippen LogP contribution >= 0.6 is 35.3 Å². The Morgan fingerprint density at radius 1 is 1.28 bits per heavy atom. The van der Waals surface area contributed by atoms with Crippen LogP contribution in [0.2, 0.25) is 0 Å². The number of guanidine groups is 1. The lowest BCUT2D eigenvalue weighted by Gasteiger charge is -2.12. The number of aryl methyl sites for hydroxylation is 1. The maximum absolute atomic E-state index is 5.53. The molecule has 0 fully saturated rings. The molecule has 0 spiro atoms. The second kappa shape index (κ2) is 12.1. The Morgan fingerprint density at radius 2 is 2.12 bits per heavy atom. The van der Waals surface area contributed by atoms with E-state index in [1.54, 1.807) is 18.4 Å². The van der Waals surface area contributed by atoms with Gasteiger partial charge in [0.25, 0.3) is 0 Å². The maximum atomic E-state index is 5.53. The minimum atomic E-state index is 0. The molecule has 0 amide bonds. The van der Waals surface area contributed by atoms with Gasteiger partial charge in [-0.2, -0.15) is 0 Å². The lowest BCUT2D eigenvalue weighted by atomic mass is 10.2. The summed E-state index contributed by atoms with van der Waals surface area (Å²) in [6, 6.07) is 8.10. The number of rotatable bonds is 8. The molecule has 0 radical (unpaired) electrons. The molecule has 0 saturated heterocycles. The van der Waals surface area contributed by atoms with E-state index in [2.05, 4.69) is 33.6 Å². The number of aromatic nitrogens is 1. The molecule has 2 aromatic rings. The highest BCUT2D eigenvalue weighted by Crippen LogP contribution is 2.14. The first-order valence-corrected chi connectivity index (χ1v) is 9.16. The van der Waals surface area contributed by atoms with Gasteiger partial charge in [0, 0.05) is 37.6 Å². The molecule has 0 aliphatic heterocycles. The first-order chi connectivity index (χ1) is 11.7. The zero-order valence-electron chi connectivity index (χ0n) is 15.0. The number of hydrogen-bond acceptors (Lipinski definition) is 4. The quantitative estimate of drug-likeness (QED) is 0.349. The molecule has 1 aromatic carbocycles. The Hall–Kier alpha value is -1.35. The molecule has 7 heteroatoms. The highest BCUT2D eigenvalue weighted by atomic mass is 127. The first kappa shape index (κ1) is 21.7. The average Bonchev–Trinajstić information content (AvgIpc) is 3.06. The van der Waals surface area contributed by atoms with Crippen LogP contribution in [0, 0.1) is 0 Å². The summed E-state index contributed by atoms with van der Waals surface area (Å²) in [6.07, 6.45) is 3.93. The monoisotopic (exact) mass is 474 g/mol. The van der Waals surface area contributed by atoms with Crippen LogP contribution in [0.4, 0.5) is 0 Å². The lowest BCUT2D eigenvalue weighted by molar-refractivity contribution is 0.340. The van der Waals surface area contributed by atoms with E-state index in [0.717, 1.165) is 36.7 Å². The van der Waals surface area contributed by atoms with Crippen molar-refractivity contribution >= 4 is 41.3 Å². The van der Waals surface area contributed by atoms with Gasteiger partial charge in [-0.25, -0.2) is 4.98 Å². The van der Waals surface area contributed by atoms with E-state index in [9.17, 15) is 0 Å². The molecule has 0 atom stereocenters. The van der Waals surface area contributed by atoms with Crippen molar-refractivity contribution in [2.75, 3.05) is 20.2 Å². The maximum Gasteiger partial charge on any atom is 0.191 e. The van der Waals surface area contributed by atoms with Crippen LogP contribution < -0.4 is 15.4 Å². The minimum Gasteiger partial charge on any atom is -0.494 e. The number of nitrogens with zero attached hydrogens (tertiary/aromatic N) is 2. The zero-order valence-corrected chi connectivity index (χ0v) is 18.2. The van der Waals surface area contributed by atoms with Crippen molar-refractivity contribution in [2.24, 2.45) is 4.99 Å². The Morgan fingerprint density at radius 3 is 2.80 bits per heavy atom. The highest BCUT2D eigenvalue weighted by Gasteiger charge is 2.03. The second-order valence-electron chi connectivity index (χ2n) is 5.26. The van der Waals surface area contributed by atoms with Gasteiger partial charge in [0.05, 0.1) is 11.6 Å². The summed E-state index contributed by atoms with van der Waals surface area (Å²) in [4.78, 5) is 10.0. The van der Waals surface area contributed by atoms with Crippen molar-refractivity contribution in [1.82, 2.24) is 15.6 Å². The van der Waals surface area contributed by atoms with Crippen LogP contribution in [0.3, 0.4) is 0 Å². The fourth-order valence-electron chi connectivity index (χ4n) is 2.23. The minimum absolute atomic E-state index is 0. The van der Waals surface area contributed by atoms with Gasteiger partial charge in [0.1, 0.15) is 5.75 Å². The summed E-state index contributed by atoms with van der Waals surface area (Å²) < 4.78 is 5.53. The third-order valence-electron chi connectivity index (χ3n) is 3.47. The topological polar surface area (TPSA) is 58.5 Å². The van der Waals surface area contributed by atoms with Crippen molar-refractivity contribution in [3.63, 3.8) is 0 Å². The summed E-state index contributed by atoms with van der Waals surface area (Å²) in [5.41, 5.74) is 1.16. The van der Waals surface area contributed by atoms with Gasteiger partial charge in [-0.3, -0.25) is 4.99 Å². The molecule has 25 heavy (non-hydrogen) atoms. The van der Waals surface area contributed by atoms with E-state index in [0.29, 0.717) is 13.2 Å². The fraction of sp³-hybridized carbons (Fsp3) is 0.444. The summed E-state index contributed by atoms with van der Waals surface area (Å²) in [6.45, 7) is 6.34. The molecule has 1 heterocycles. The number of thiazole rings is 1. The molecule has 0 aliphatic rings. The van der Waals surface area contributed by atoms with Gasteiger partial charge in [0.2, 0.25) is 0 Å². The van der Waals surface area contributed by atoms with Crippen LogP contribution in [-0.2, 0) is 19.4 Å². The van der Waals surface area contributed by atoms with Crippen molar-refractivity contribution in [1.29, 1.82) is 0 Å². The van der Waals surface area contributed by atoms with Crippen molar-refractivity contribution in [3.8, 4) is 5.75 Å². The van der Waals surface area contributed by atoms with Crippen LogP contribution in [-0.4, -0.2) is 31.1 Å². The molecule has 2 N–H and O–H groups in total. The molecule has 5 nitrogen and oxygen atoms in total. The largest absolute Gasteiger partial charge is 0.494 e. The second-order valence-corrected chi connectivity index (χ2v) is 6.46. The molecule has 138 valence electrons. The van der Waals surface area contributed by atoms with Gasteiger partial charge < -0.3 is 15.4 Å². The molecular formula is C18H27IN4OS. The molecular weight excluding hydrogens is 447 g/mol. The van der Waals surface area contributed by atoms with Crippen LogP contribution in [0.1, 0.15) is 29.3 Å². The lowest BCUT2D eigenvalue weighted by Crippen LogP contribution is -2.37. The summed E-state index contributed by atoms with van der Waals surface area (Å²) >= 11 is 1.78. The molecule has 2 rings (SSSR count). The van der Waals surface area contributed by atoms with E-state index in [-0.39, 0.29) is 24.0 Å². The van der Waals surface area contributed by atoms with E-state index in [4.69, 9.17) is 4.74 Å². The number of hydrogen-bond donors (Lipinski definition) is 2. The van der Waals surface area contributed by atoms with Crippen LogP contribution in [0.5, 0.6) is 5.75 Å². The van der Waals surface area contributed by atoms with Crippen LogP contribution in [0.15, 0.2) is 35.5 Å². The van der Waals surface area contributed by atoms with Gasteiger partial charge >= 0.3 is 0 Å². The Kier molecular flexibility index (Phi) is 10.5. The third-order valence-corrected chi connectivity index (χ3v) is 4.68. The van der Waals surface area contributed by atoms with E-state index in [1.165, 1.54) is 9.88 Å². The Labute approximate surface area is 171 Å². The van der Waals surface area contributed by atoms with Gasteiger partial charge in [-0.05, 0) is 31.0 Å². The smallest absolute Gasteiger partial charge is 0.191 e. The van der Waals surface area contributed by atoms with Gasteiger partial charge in [-0.15, -0.1) is 35.3 Å². The van der Waals surface area contributed by atoms with Crippen molar-refractivity contribution in [2.45, 2.75) is 33.2 Å². The number of halogens is 1. The van der Waals surface area contributed by atoms with Crippen molar-refractivity contribution in [3.05, 3.63) is 45.9 Å². The average molecular weight is 474 g/mol. The predicted octanol–water partition coefficient (Wildman–Crippen LogP) is 3.63. The number of aliphatic imine (C=N–C) groups is 1. The number of benzene rings is 1. The molecule has 0 saturated carbocycles. The first-order valence-electron chi connectivity index (χ1n) is 8.35. The van der Waals surface area contributed by atoms with Crippen molar-refractivity contribution < 1.29 is 4.74 Å². The van der Waals surface area contributed by atoms with Gasteiger partial charge in [-0.1, -0.05) is 19.1 Å². The standard InChI is InChI=1S/C18H26N4OS.HI/c1-4-16-13-21-17(24-16)9-10-20-18(19-3)22-12-14-7-6-8-15(11-14)23-5-2;/h6-8,11,13H,4-5,9-10,12H2,1-3H3,(H2,19,20,22);1H. The predicted molar refractivity (Wildman–Crippen MR) is 116 cm³/mol. The summed E-state index contributed by atoms with van der Waals surface area (Å²) in [5.74, 6) is 1.69. The molecule has 0 unspecified atom stereocenters. The van der Waals surface area contributed by atoms with E-state index < -0.39 is 0 Å². The third kappa shape index (κ3) is 7.60. The van der Waals surface area contributed by atoms with Gasteiger partial charge in [0.15, 0.2) is 5.96 Å². The molecule has 1 aromatic heterocycles. The van der Waals surface area contributed by atoms with E-state index in [1.807, 2.05) is 31.3 Å². The van der Waals surface area contributed by atoms with Crippen LogP contribution in [0.25, 0.3) is 0 Å². The zero-order chi connectivity index (χ0) is 17.2. The molecule has 0 aliphatic carbocycles.